The van der Waals surface area contributed by atoms with Crippen LogP contribution in [0.15, 0.2) is 24.3 Å². The van der Waals surface area contributed by atoms with Crippen LogP contribution in [-0.2, 0) is 9.59 Å². The molecule has 0 unspecified atom stereocenters. The fourth-order valence-electron chi connectivity index (χ4n) is 4.17. The van der Waals surface area contributed by atoms with E-state index in [-0.39, 0.29) is 17.6 Å². The Morgan fingerprint density at radius 2 is 1.71 bits per heavy atom. The summed E-state index contributed by atoms with van der Waals surface area (Å²) >= 11 is 0. The van der Waals surface area contributed by atoms with Crippen molar-refractivity contribution in [2.75, 3.05) is 44.2 Å². The van der Waals surface area contributed by atoms with Gasteiger partial charge in [0, 0.05) is 44.8 Å². The maximum Gasteiger partial charge on any atom is 0.240 e. The molecule has 2 aliphatic heterocycles. The Kier molecular flexibility index (Phi) is 7.25. The van der Waals surface area contributed by atoms with Crippen molar-refractivity contribution < 1.29 is 14.0 Å². The maximum atomic E-state index is 13.0. The van der Waals surface area contributed by atoms with Crippen molar-refractivity contribution >= 4 is 17.5 Å². The smallest absolute Gasteiger partial charge is 0.240 e. The topological polar surface area (TPSA) is 69.9 Å². The number of nitrogens with two attached hydrogens (primary N) is 1. The zero-order chi connectivity index (χ0) is 19.9. The first-order valence-corrected chi connectivity index (χ1v) is 10.4. The van der Waals surface area contributed by atoms with Crippen LogP contribution in [0.5, 0.6) is 0 Å². The monoisotopic (exact) mass is 390 g/mol. The fourth-order valence-corrected chi connectivity index (χ4v) is 4.17. The van der Waals surface area contributed by atoms with Gasteiger partial charge in [-0.3, -0.25) is 14.5 Å². The van der Waals surface area contributed by atoms with E-state index in [1.807, 2.05) is 12.1 Å². The van der Waals surface area contributed by atoms with Gasteiger partial charge in [0.05, 0.1) is 0 Å². The molecule has 2 heterocycles. The van der Waals surface area contributed by atoms with Crippen molar-refractivity contribution in [3.63, 3.8) is 0 Å². The number of nitrogens with zero attached hydrogens (tertiary/aromatic N) is 3. The molecule has 0 spiro atoms. The number of halogens is 1. The molecule has 1 aromatic rings. The van der Waals surface area contributed by atoms with E-state index in [1.165, 1.54) is 12.1 Å². The van der Waals surface area contributed by atoms with Gasteiger partial charge in [0.2, 0.25) is 11.8 Å². The van der Waals surface area contributed by atoms with Crippen LogP contribution in [0.1, 0.15) is 38.5 Å². The third-order valence-electron chi connectivity index (χ3n) is 5.83. The van der Waals surface area contributed by atoms with Crippen LogP contribution >= 0.6 is 0 Å². The first kappa shape index (κ1) is 20.6. The Hall–Kier alpha value is -2.15. The van der Waals surface area contributed by atoms with Gasteiger partial charge in [-0.25, -0.2) is 4.39 Å². The van der Waals surface area contributed by atoms with Gasteiger partial charge in [-0.15, -0.1) is 0 Å². The quantitative estimate of drug-likeness (QED) is 0.689. The maximum absolute atomic E-state index is 13.0. The molecule has 2 fully saturated rings. The lowest BCUT2D eigenvalue weighted by atomic mass is 10.1. The van der Waals surface area contributed by atoms with Crippen LogP contribution in [0.25, 0.3) is 0 Å². The first-order valence-electron chi connectivity index (χ1n) is 10.4. The van der Waals surface area contributed by atoms with Gasteiger partial charge in [0.25, 0.3) is 0 Å². The molecule has 0 saturated carbocycles. The number of anilines is 1. The summed E-state index contributed by atoms with van der Waals surface area (Å²) < 4.78 is 13.0. The van der Waals surface area contributed by atoms with E-state index in [2.05, 4.69) is 9.80 Å². The molecular formula is C21H31FN4O2. The number of amides is 2. The number of rotatable bonds is 8. The van der Waals surface area contributed by atoms with E-state index < -0.39 is 6.04 Å². The van der Waals surface area contributed by atoms with Gasteiger partial charge < -0.3 is 15.5 Å². The number of benzene rings is 1. The van der Waals surface area contributed by atoms with Crippen LogP contribution < -0.4 is 10.6 Å². The zero-order valence-corrected chi connectivity index (χ0v) is 16.5. The Balaban J connectivity index is 1.28. The summed E-state index contributed by atoms with van der Waals surface area (Å²) in [6.07, 6.45) is 5.01. The minimum absolute atomic E-state index is 0.0641. The second kappa shape index (κ2) is 9.87. The Labute approximate surface area is 166 Å². The van der Waals surface area contributed by atoms with Crippen LogP contribution in [0, 0.1) is 5.82 Å². The van der Waals surface area contributed by atoms with E-state index in [1.54, 1.807) is 4.90 Å². The molecular weight excluding hydrogens is 359 g/mol. The molecule has 0 radical (unpaired) electrons. The van der Waals surface area contributed by atoms with Gasteiger partial charge in [-0.05, 0) is 56.5 Å². The van der Waals surface area contributed by atoms with Gasteiger partial charge in [0.1, 0.15) is 11.9 Å². The summed E-state index contributed by atoms with van der Waals surface area (Å²) in [4.78, 5) is 30.1. The summed E-state index contributed by atoms with van der Waals surface area (Å²) in [5.41, 5.74) is 6.46. The molecule has 154 valence electrons. The number of piperazine rings is 1. The molecule has 6 nitrogen and oxygen atoms in total. The third kappa shape index (κ3) is 5.44. The largest absolute Gasteiger partial charge is 0.369 e. The van der Waals surface area contributed by atoms with Crippen molar-refractivity contribution in [2.45, 2.75) is 44.6 Å². The lowest BCUT2D eigenvalue weighted by molar-refractivity contribution is -0.137. The van der Waals surface area contributed by atoms with Gasteiger partial charge in [-0.1, -0.05) is 6.42 Å². The summed E-state index contributed by atoms with van der Waals surface area (Å²) in [6.45, 7) is 5.61. The van der Waals surface area contributed by atoms with Crippen molar-refractivity contribution in [1.82, 2.24) is 9.80 Å². The molecule has 0 aromatic heterocycles. The van der Waals surface area contributed by atoms with Crippen LogP contribution in [0.4, 0.5) is 10.1 Å². The van der Waals surface area contributed by atoms with E-state index in [0.717, 1.165) is 64.1 Å². The van der Waals surface area contributed by atoms with Crippen molar-refractivity contribution in [3.05, 3.63) is 30.1 Å². The average Bonchev–Trinajstić information content (AvgIpc) is 3.19. The molecule has 3 rings (SSSR count). The highest BCUT2D eigenvalue weighted by Gasteiger charge is 2.31. The Bertz CT molecular complexity index is 659. The van der Waals surface area contributed by atoms with Crippen LogP contribution in [0.2, 0.25) is 0 Å². The third-order valence-corrected chi connectivity index (χ3v) is 5.83. The van der Waals surface area contributed by atoms with E-state index in [0.29, 0.717) is 19.4 Å². The van der Waals surface area contributed by atoms with E-state index >= 15 is 0 Å². The number of carbonyl (C=O) groups is 2. The normalized spacial score (nSPS) is 20.5. The number of primary amides is 1. The number of carbonyl (C=O) groups excluding carboxylic acids is 2. The summed E-state index contributed by atoms with van der Waals surface area (Å²) in [5.74, 6) is -0.518. The Morgan fingerprint density at radius 1 is 1.00 bits per heavy atom. The van der Waals surface area contributed by atoms with E-state index in [4.69, 9.17) is 5.73 Å². The Morgan fingerprint density at radius 3 is 2.39 bits per heavy atom. The predicted octanol–water partition coefficient (Wildman–Crippen LogP) is 1.98. The minimum atomic E-state index is -0.398. The van der Waals surface area contributed by atoms with Crippen LogP contribution in [-0.4, -0.2) is 66.9 Å². The molecule has 1 aromatic carbocycles. The summed E-state index contributed by atoms with van der Waals surface area (Å²) in [5, 5.41) is 0. The summed E-state index contributed by atoms with van der Waals surface area (Å²) in [6, 6.07) is 6.30. The molecule has 7 heteroatoms. The molecule has 0 aliphatic carbocycles. The molecule has 28 heavy (non-hydrogen) atoms. The van der Waals surface area contributed by atoms with E-state index in [9.17, 15) is 14.0 Å². The molecule has 2 N–H and O–H groups in total. The molecule has 1 atom stereocenters. The SMILES string of the molecule is NC(=O)[C@@H]1CCCN1C(=O)CCCCCN1CCN(c2ccc(F)cc2)CC1. The molecule has 2 amide bonds. The average molecular weight is 391 g/mol. The highest BCUT2D eigenvalue weighted by molar-refractivity contribution is 5.87. The van der Waals surface area contributed by atoms with Crippen LogP contribution in [0.3, 0.4) is 0 Å². The summed E-state index contributed by atoms with van der Waals surface area (Å²) in [7, 11) is 0. The first-order chi connectivity index (χ1) is 13.5. The van der Waals surface area contributed by atoms with Crippen molar-refractivity contribution in [3.8, 4) is 0 Å². The molecule has 2 saturated heterocycles. The number of hydrogen-bond acceptors (Lipinski definition) is 4. The van der Waals surface area contributed by atoms with Gasteiger partial charge in [0.15, 0.2) is 0 Å². The number of unbranched alkanes of at least 4 members (excludes halogenated alkanes) is 2. The number of hydrogen-bond donors (Lipinski definition) is 1. The minimum Gasteiger partial charge on any atom is -0.369 e. The molecule has 0 bridgehead atoms. The van der Waals surface area contributed by atoms with Gasteiger partial charge in [-0.2, -0.15) is 0 Å². The fraction of sp³-hybridized carbons (Fsp3) is 0.619. The molecule has 2 aliphatic rings. The standard InChI is InChI=1S/C21H31FN4O2/c22-17-7-9-18(10-8-17)25-15-13-24(14-16-25)11-3-1-2-6-20(27)26-12-4-5-19(26)21(23)28/h7-10,19H,1-6,11-16H2,(H2,23,28)/t19-/m0/s1. The zero-order valence-electron chi connectivity index (χ0n) is 16.5. The van der Waals surface area contributed by atoms with Gasteiger partial charge >= 0.3 is 0 Å². The van der Waals surface area contributed by atoms with Crippen molar-refractivity contribution in [2.24, 2.45) is 5.73 Å². The lowest BCUT2D eigenvalue weighted by Gasteiger charge is -2.36. The second-order valence-electron chi connectivity index (χ2n) is 7.76. The highest BCUT2D eigenvalue weighted by Crippen LogP contribution is 2.19. The van der Waals surface area contributed by atoms with Crippen molar-refractivity contribution in [1.29, 1.82) is 0 Å². The number of likely N-dealkylation sites (tertiary alicyclic amines) is 1. The second-order valence-corrected chi connectivity index (χ2v) is 7.76. The lowest BCUT2D eigenvalue weighted by Crippen LogP contribution is -2.46. The highest BCUT2D eigenvalue weighted by atomic mass is 19.1. The predicted molar refractivity (Wildman–Crippen MR) is 107 cm³/mol.